The molecule has 0 saturated heterocycles. The molecule has 3 nitrogen and oxygen atoms in total. The van der Waals surface area contributed by atoms with Crippen molar-refractivity contribution in [1.29, 1.82) is 0 Å². The van der Waals surface area contributed by atoms with Crippen LogP contribution in [0.15, 0.2) is 42.5 Å². The number of phenols is 1. The Morgan fingerprint density at radius 1 is 0.893 bits per heavy atom. The summed E-state index contributed by atoms with van der Waals surface area (Å²) in [4.78, 5) is 2.10. The van der Waals surface area contributed by atoms with Crippen molar-refractivity contribution in [2.75, 3.05) is 30.6 Å². The molecule has 28 heavy (non-hydrogen) atoms. The second-order valence-electron chi connectivity index (χ2n) is 8.55. The van der Waals surface area contributed by atoms with Crippen LogP contribution in [0.1, 0.15) is 26.3 Å². The molecular formula is C21H32Cl2N2OSiZr. The molecule has 0 aliphatic heterocycles. The van der Waals surface area contributed by atoms with Crippen LogP contribution < -0.4 is 14.7 Å². The summed E-state index contributed by atoms with van der Waals surface area (Å²) in [5.74, 6) is 0.462. The first kappa shape index (κ1) is 25.6. The van der Waals surface area contributed by atoms with Gasteiger partial charge in [-0.25, -0.2) is 0 Å². The minimum atomic E-state index is -2.05. The van der Waals surface area contributed by atoms with Crippen molar-refractivity contribution in [3.63, 3.8) is 0 Å². The Labute approximate surface area is 190 Å². The third-order valence-electron chi connectivity index (χ3n) is 5.10. The summed E-state index contributed by atoms with van der Waals surface area (Å²) in [5.41, 5.74) is 3.32. The van der Waals surface area contributed by atoms with Gasteiger partial charge in [-0.1, -0.05) is 39.0 Å². The average molecular weight is 519 g/mol. The molecule has 1 N–H and O–H groups in total. The molecule has 0 aliphatic carbocycles. The maximum absolute atomic E-state index is 11.0. The van der Waals surface area contributed by atoms with Crippen molar-refractivity contribution in [3.05, 3.63) is 48.0 Å². The number of para-hydroxylation sites is 1. The van der Waals surface area contributed by atoms with Crippen molar-refractivity contribution in [2.45, 2.75) is 39.3 Å². The van der Waals surface area contributed by atoms with Gasteiger partial charge in [-0.2, -0.15) is 0 Å². The Morgan fingerprint density at radius 2 is 1.36 bits per heavy atom. The van der Waals surface area contributed by atoms with Gasteiger partial charge in [0.15, 0.2) is 8.24 Å². The minimum absolute atomic E-state index is 0.0729. The van der Waals surface area contributed by atoms with Gasteiger partial charge in [0, 0.05) is 30.7 Å². The number of phenolic OH excluding ortho intramolecular Hbond substituents is 1. The van der Waals surface area contributed by atoms with Gasteiger partial charge < -0.3 is 14.6 Å². The van der Waals surface area contributed by atoms with Crippen LogP contribution in [0.2, 0.25) is 13.1 Å². The van der Waals surface area contributed by atoms with Crippen LogP contribution in [0, 0.1) is 0 Å². The number of rotatable bonds is 4. The summed E-state index contributed by atoms with van der Waals surface area (Å²) in [6.07, 6.45) is 0. The summed E-state index contributed by atoms with van der Waals surface area (Å²) >= 11 is -0.826. The van der Waals surface area contributed by atoms with E-state index in [0.29, 0.717) is 5.75 Å². The van der Waals surface area contributed by atoms with Crippen LogP contribution >= 0.6 is 17.0 Å². The van der Waals surface area contributed by atoms with Crippen LogP contribution in [0.3, 0.4) is 0 Å². The van der Waals surface area contributed by atoms with E-state index in [-0.39, 0.29) is 5.41 Å². The molecule has 2 rings (SSSR count). The zero-order chi connectivity index (χ0) is 21.7. The van der Waals surface area contributed by atoms with E-state index in [0.717, 1.165) is 10.8 Å². The van der Waals surface area contributed by atoms with E-state index in [2.05, 4.69) is 86.8 Å². The molecule has 0 atom stereocenters. The Morgan fingerprint density at radius 3 is 1.79 bits per heavy atom. The van der Waals surface area contributed by atoms with E-state index in [1.165, 1.54) is 11.4 Å². The molecule has 2 aromatic rings. The Kier molecular flexibility index (Phi) is 9.60. The summed E-state index contributed by atoms with van der Waals surface area (Å²) < 4.78 is 2.36. The molecule has 0 fully saturated rings. The SMILES string of the molecule is CN(C)c1ccc(N(C)[Si](C)(C)c2cccc(C(C)(C)C)c2O)cc1.[Cl][Zr][Cl]. The third-order valence-corrected chi connectivity index (χ3v) is 8.75. The standard InChI is InChI=1S/C21H32N2OSi.2ClH.Zr/c1-21(2,3)18-10-9-11-19(20(18)24)25(7,8)23(6)17-14-12-16(13-15-17)22(4)5;;;/h9-15,24H,1-8H3;2*1H;/q;;;+2/p-2. The van der Waals surface area contributed by atoms with Gasteiger partial charge in [-0.15, -0.1) is 0 Å². The molecule has 0 spiro atoms. The predicted octanol–water partition coefficient (Wildman–Crippen LogP) is 5.68. The monoisotopic (exact) mass is 516 g/mol. The fraction of sp³-hybridized carbons (Fsp3) is 0.429. The van der Waals surface area contributed by atoms with Crippen molar-refractivity contribution < 1.29 is 26.0 Å². The van der Waals surface area contributed by atoms with Gasteiger partial charge in [-0.05, 0) is 55.4 Å². The second-order valence-corrected chi connectivity index (χ2v) is 16.6. The van der Waals surface area contributed by atoms with E-state index in [1.54, 1.807) is 0 Å². The van der Waals surface area contributed by atoms with Crippen LogP contribution in [0.4, 0.5) is 11.4 Å². The number of halogens is 2. The number of nitrogens with zero attached hydrogens (tertiary/aromatic N) is 2. The van der Waals surface area contributed by atoms with Gasteiger partial charge in [0.25, 0.3) is 0 Å². The van der Waals surface area contributed by atoms with Crippen LogP contribution in [0.5, 0.6) is 5.75 Å². The molecule has 0 saturated carbocycles. The number of hydrogen-bond donors (Lipinski definition) is 1. The second kappa shape index (κ2) is 10.5. The van der Waals surface area contributed by atoms with E-state index in [4.69, 9.17) is 17.0 Å². The van der Waals surface area contributed by atoms with Gasteiger partial charge >= 0.3 is 37.9 Å². The fourth-order valence-corrected chi connectivity index (χ4v) is 5.49. The molecule has 0 radical (unpaired) electrons. The quantitative estimate of drug-likeness (QED) is 0.528. The van der Waals surface area contributed by atoms with E-state index in [1.807, 2.05) is 20.2 Å². The number of anilines is 2. The van der Waals surface area contributed by atoms with Crippen molar-refractivity contribution in [1.82, 2.24) is 0 Å². The topological polar surface area (TPSA) is 26.7 Å². The molecule has 0 unspecified atom stereocenters. The average Bonchev–Trinajstić information content (AvgIpc) is 2.60. The summed E-state index contributed by atoms with van der Waals surface area (Å²) in [5, 5.41) is 12.1. The van der Waals surface area contributed by atoms with E-state index in [9.17, 15) is 5.11 Å². The van der Waals surface area contributed by atoms with E-state index < -0.39 is 29.1 Å². The summed E-state index contributed by atoms with van der Waals surface area (Å²) in [7, 11) is 14.1. The maximum atomic E-state index is 11.0. The van der Waals surface area contributed by atoms with Gasteiger partial charge in [-0.3, -0.25) is 0 Å². The van der Waals surface area contributed by atoms with Gasteiger partial charge in [0.05, 0.1) is 0 Å². The molecule has 0 aromatic heterocycles. The molecule has 0 amide bonds. The first-order chi connectivity index (χ1) is 12.9. The molecule has 154 valence electrons. The van der Waals surface area contributed by atoms with Gasteiger partial charge in [0.2, 0.25) is 0 Å². The molecule has 0 heterocycles. The molecule has 0 bridgehead atoms. The van der Waals surface area contributed by atoms with E-state index >= 15 is 0 Å². The zero-order valence-electron chi connectivity index (χ0n) is 18.1. The van der Waals surface area contributed by atoms with Crippen molar-refractivity contribution >= 4 is 41.8 Å². The molecular weight excluding hydrogens is 486 g/mol. The van der Waals surface area contributed by atoms with Gasteiger partial charge in [0.1, 0.15) is 5.75 Å². The van der Waals surface area contributed by atoms with Crippen molar-refractivity contribution in [2.24, 2.45) is 0 Å². The first-order valence-electron chi connectivity index (χ1n) is 9.18. The summed E-state index contributed by atoms with van der Waals surface area (Å²) in [6, 6.07) is 14.8. The number of aromatic hydroxyl groups is 1. The van der Waals surface area contributed by atoms with Crippen LogP contribution in [0.25, 0.3) is 0 Å². The molecule has 0 aliphatic rings. The zero-order valence-corrected chi connectivity index (χ0v) is 23.1. The predicted molar refractivity (Wildman–Crippen MR) is 125 cm³/mol. The Bertz CT molecular complexity index is 762. The number of hydrogen-bond acceptors (Lipinski definition) is 3. The molecule has 2 aromatic carbocycles. The first-order valence-corrected chi connectivity index (χ1v) is 18.5. The summed E-state index contributed by atoms with van der Waals surface area (Å²) in [6.45, 7) is 11.0. The number of benzene rings is 2. The van der Waals surface area contributed by atoms with Crippen LogP contribution in [-0.2, 0) is 26.3 Å². The normalized spacial score (nSPS) is 11.4. The van der Waals surface area contributed by atoms with Crippen molar-refractivity contribution in [3.8, 4) is 5.75 Å². The Hall–Kier alpha value is -0.480. The fourth-order valence-electron chi connectivity index (χ4n) is 3.12. The molecule has 7 heteroatoms. The third kappa shape index (κ3) is 6.26. The Balaban J connectivity index is 0.00000122. The van der Waals surface area contributed by atoms with Crippen LogP contribution in [-0.4, -0.2) is 34.5 Å².